The van der Waals surface area contributed by atoms with E-state index in [-0.39, 0.29) is 6.10 Å². The van der Waals surface area contributed by atoms with Gasteiger partial charge in [0.1, 0.15) is 0 Å². The van der Waals surface area contributed by atoms with Gasteiger partial charge in [0, 0.05) is 6.54 Å². The predicted octanol–water partition coefficient (Wildman–Crippen LogP) is 0.000800. The summed E-state index contributed by atoms with van der Waals surface area (Å²) in [6, 6.07) is 0. The number of hydrogen-bond acceptors (Lipinski definition) is 3. The fourth-order valence-corrected chi connectivity index (χ4v) is 1.63. The Morgan fingerprint density at radius 3 is 2.60 bits per heavy atom. The second kappa shape index (κ2) is 3.91. The summed E-state index contributed by atoms with van der Waals surface area (Å²) < 4.78 is 0. The third kappa shape index (κ3) is 1.94. The summed E-state index contributed by atoms with van der Waals surface area (Å²) >= 11 is 0. The van der Waals surface area contributed by atoms with Crippen LogP contribution >= 0.6 is 0 Å². The van der Waals surface area contributed by atoms with Crippen molar-refractivity contribution in [2.45, 2.75) is 31.8 Å². The zero-order valence-electron chi connectivity index (χ0n) is 6.21. The molecule has 1 unspecified atom stereocenters. The summed E-state index contributed by atoms with van der Waals surface area (Å²) in [4.78, 5) is 0. The lowest BCUT2D eigenvalue weighted by Gasteiger charge is -2.16. The molecule has 0 saturated heterocycles. The van der Waals surface area contributed by atoms with Crippen LogP contribution in [0.3, 0.4) is 0 Å². The molecule has 3 nitrogen and oxygen atoms in total. The predicted molar refractivity (Wildman–Crippen MR) is 40.2 cm³/mol. The van der Waals surface area contributed by atoms with Gasteiger partial charge in [-0.3, -0.25) is 11.3 Å². The fourth-order valence-electron chi connectivity index (χ4n) is 1.63. The van der Waals surface area contributed by atoms with E-state index >= 15 is 0 Å². The SMILES string of the molecule is NNCC(O)C1CCCC1. The Hall–Kier alpha value is -0.120. The minimum absolute atomic E-state index is 0.229. The fraction of sp³-hybridized carbons (Fsp3) is 1.00. The molecule has 0 bridgehead atoms. The topological polar surface area (TPSA) is 58.3 Å². The van der Waals surface area contributed by atoms with Crippen molar-refractivity contribution in [1.82, 2.24) is 5.43 Å². The normalized spacial score (nSPS) is 23.4. The highest BCUT2D eigenvalue weighted by atomic mass is 16.3. The van der Waals surface area contributed by atoms with Crippen LogP contribution in [0.5, 0.6) is 0 Å². The molecule has 0 spiro atoms. The van der Waals surface area contributed by atoms with Crippen LogP contribution in [0.1, 0.15) is 25.7 Å². The molecular formula is C7H16N2O. The Morgan fingerprint density at radius 2 is 2.10 bits per heavy atom. The van der Waals surface area contributed by atoms with Crippen molar-refractivity contribution in [3.8, 4) is 0 Å². The molecule has 3 heteroatoms. The summed E-state index contributed by atoms with van der Waals surface area (Å²) in [5.74, 6) is 5.58. The molecule has 4 N–H and O–H groups in total. The van der Waals surface area contributed by atoms with Crippen molar-refractivity contribution >= 4 is 0 Å². The average Bonchev–Trinajstić information content (AvgIpc) is 2.38. The summed E-state index contributed by atoms with van der Waals surface area (Å²) in [5, 5.41) is 9.41. The van der Waals surface area contributed by atoms with Crippen molar-refractivity contribution in [3.63, 3.8) is 0 Å². The number of aliphatic hydroxyl groups is 1. The van der Waals surface area contributed by atoms with Crippen molar-refractivity contribution in [3.05, 3.63) is 0 Å². The minimum atomic E-state index is -0.229. The molecule has 0 aromatic carbocycles. The second-order valence-corrected chi connectivity index (χ2v) is 3.02. The van der Waals surface area contributed by atoms with Crippen LogP contribution in [-0.2, 0) is 0 Å². The van der Waals surface area contributed by atoms with Gasteiger partial charge in [-0.1, -0.05) is 12.8 Å². The molecule has 1 saturated carbocycles. The molecule has 0 heterocycles. The van der Waals surface area contributed by atoms with Crippen LogP contribution in [-0.4, -0.2) is 17.8 Å². The summed E-state index contributed by atoms with van der Waals surface area (Å²) in [7, 11) is 0. The van der Waals surface area contributed by atoms with Gasteiger partial charge < -0.3 is 5.11 Å². The maximum Gasteiger partial charge on any atom is 0.0706 e. The highest BCUT2D eigenvalue weighted by molar-refractivity contribution is 4.75. The van der Waals surface area contributed by atoms with Gasteiger partial charge in [0.05, 0.1) is 6.10 Å². The standard InChI is InChI=1S/C7H16N2O/c8-9-5-7(10)6-3-1-2-4-6/h6-7,9-10H,1-5,8H2. The Balaban J connectivity index is 2.18. The summed E-state index contributed by atoms with van der Waals surface area (Å²) in [5.41, 5.74) is 2.49. The van der Waals surface area contributed by atoms with E-state index in [4.69, 9.17) is 5.84 Å². The van der Waals surface area contributed by atoms with E-state index in [1.54, 1.807) is 0 Å². The average molecular weight is 144 g/mol. The van der Waals surface area contributed by atoms with Crippen LogP contribution < -0.4 is 11.3 Å². The first-order chi connectivity index (χ1) is 4.84. The molecule has 1 atom stereocenters. The Labute approximate surface area is 61.6 Å². The van der Waals surface area contributed by atoms with E-state index < -0.39 is 0 Å². The van der Waals surface area contributed by atoms with E-state index in [0.29, 0.717) is 12.5 Å². The van der Waals surface area contributed by atoms with Crippen LogP contribution in [0, 0.1) is 5.92 Å². The Morgan fingerprint density at radius 1 is 1.50 bits per heavy atom. The van der Waals surface area contributed by atoms with E-state index in [1.165, 1.54) is 25.7 Å². The van der Waals surface area contributed by atoms with Crippen molar-refractivity contribution in [1.29, 1.82) is 0 Å². The molecule has 0 aromatic heterocycles. The third-order valence-corrected chi connectivity index (χ3v) is 2.27. The quantitative estimate of drug-likeness (QED) is 0.386. The zero-order valence-corrected chi connectivity index (χ0v) is 6.21. The van der Waals surface area contributed by atoms with E-state index in [2.05, 4.69) is 5.43 Å². The molecule has 1 rings (SSSR count). The summed E-state index contributed by atoms with van der Waals surface area (Å²) in [6.45, 7) is 0.532. The monoisotopic (exact) mass is 144 g/mol. The molecule has 1 aliphatic carbocycles. The Bertz CT molecular complexity index is 91.6. The molecule has 0 aromatic rings. The van der Waals surface area contributed by atoms with Gasteiger partial charge in [0.25, 0.3) is 0 Å². The first-order valence-electron chi connectivity index (χ1n) is 3.96. The van der Waals surface area contributed by atoms with Gasteiger partial charge in [-0.2, -0.15) is 0 Å². The van der Waals surface area contributed by atoms with Gasteiger partial charge >= 0.3 is 0 Å². The summed E-state index contributed by atoms with van der Waals surface area (Å²) in [6.07, 6.45) is 4.65. The van der Waals surface area contributed by atoms with Crippen molar-refractivity contribution in [2.24, 2.45) is 11.8 Å². The number of nitrogens with two attached hydrogens (primary N) is 1. The van der Waals surface area contributed by atoms with Gasteiger partial charge in [0.2, 0.25) is 0 Å². The lowest BCUT2D eigenvalue weighted by Crippen LogP contribution is -2.35. The van der Waals surface area contributed by atoms with Gasteiger partial charge in [0.15, 0.2) is 0 Å². The van der Waals surface area contributed by atoms with Gasteiger partial charge in [-0.05, 0) is 18.8 Å². The van der Waals surface area contributed by atoms with Gasteiger partial charge in [-0.15, -0.1) is 0 Å². The van der Waals surface area contributed by atoms with Crippen LogP contribution in [0.25, 0.3) is 0 Å². The maximum atomic E-state index is 9.41. The number of hydrogen-bond donors (Lipinski definition) is 3. The Kier molecular flexibility index (Phi) is 3.12. The second-order valence-electron chi connectivity index (χ2n) is 3.02. The molecule has 10 heavy (non-hydrogen) atoms. The number of nitrogens with one attached hydrogen (secondary N) is 1. The lowest BCUT2D eigenvalue weighted by molar-refractivity contribution is 0.109. The van der Waals surface area contributed by atoms with Crippen LogP contribution in [0.2, 0.25) is 0 Å². The molecule has 0 aliphatic heterocycles. The van der Waals surface area contributed by atoms with E-state index in [9.17, 15) is 5.11 Å². The highest BCUT2D eigenvalue weighted by Crippen LogP contribution is 2.27. The molecule has 1 fully saturated rings. The van der Waals surface area contributed by atoms with E-state index in [0.717, 1.165) is 0 Å². The number of rotatable bonds is 3. The lowest BCUT2D eigenvalue weighted by atomic mass is 10.0. The highest BCUT2D eigenvalue weighted by Gasteiger charge is 2.21. The first kappa shape index (κ1) is 7.98. The van der Waals surface area contributed by atoms with E-state index in [1.807, 2.05) is 0 Å². The smallest absolute Gasteiger partial charge is 0.0706 e. The number of hydrazine groups is 1. The first-order valence-corrected chi connectivity index (χ1v) is 3.96. The molecule has 1 aliphatic rings. The van der Waals surface area contributed by atoms with Gasteiger partial charge in [-0.25, -0.2) is 0 Å². The minimum Gasteiger partial charge on any atom is -0.391 e. The van der Waals surface area contributed by atoms with Crippen molar-refractivity contribution < 1.29 is 5.11 Å². The molecule has 0 amide bonds. The van der Waals surface area contributed by atoms with Crippen LogP contribution in [0.4, 0.5) is 0 Å². The zero-order chi connectivity index (χ0) is 7.40. The largest absolute Gasteiger partial charge is 0.391 e. The van der Waals surface area contributed by atoms with Crippen LogP contribution in [0.15, 0.2) is 0 Å². The maximum absolute atomic E-state index is 9.41. The van der Waals surface area contributed by atoms with Crippen molar-refractivity contribution in [2.75, 3.05) is 6.54 Å². The third-order valence-electron chi connectivity index (χ3n) is 2.27. The molecular weight excluding hydrogens is 128 g/mol. The number of aliphatic hydroxyl groups excluding tert-OH is 1. The molecule has 60 valence electrons. The molecule has 0 radical (unpaired) electrons.